The highest BCUT2D eigenvalue weighted by molar-refractivity contribution is 6.56. The van der Waals surface area contributed by atoms with Crippen molar-refractivity contribution in [1.29, 1.82) is 0 Å². The van der Waals surface area contributed by atoms with Crippen LogP contribution in [-0.2, 0) is 14.0 Å². The number of methoxy groups -OCH3 is 1. The third-order valence-corrected chi connectivity index (χ3v) is 4.73. The van der Waals surface area contributed by atoms with Crippen LogP contribution in [-0.4, -0.2) is 50.1 Å². The lowest BCUT2D eigenvalue weighted by Crippen LogP contribution is -2.41. The summed E-state index contributed by atoms with van der Waals surface area (Å²) in [5.41, 5.74) is 0.834. The molecule has 0 radical (unpaired) electrons. The molecule has 136 valence electrons. The van der Waals surface area contributed by atoms with Gasteiger partial charge in [-0.3, -0.25) is 0 Å². The minimum Gasteiger partial charge on any atom is -0.507 e. The van der Waals surface area contributed by atoms with Gasteiger partial charge in [-0.1, -0.05) is 12.1 Å². The van der Waals surface area contributed by atoms with Crippen LogP contribution >= 0.6 is 0 Å². The van der Waals surface area contributed by atoms with E-state index in [2.05, 4.69) is 10.1 Å². The molecule has 1 fully saturated rings. The molecule has 1 aromatic rings. The van der Waals surface area contributed by atoms with Crippen LogP contribution in [0.25, 0.3) is 6.08 Å². The van der Waals surface area contributed by atoms with Crippen LogP contribution in [0.4, 0.5) is 0 Å². The first-order valence-electron chi connectivity index (χ1n) is 8.23. The Labute approximate surface area is 149 Å². The smallest absolute Gasteiger partial charge is 0.491 e. The van der Waals surface area contributed by atoms with Gasteiger partial charge in [-0.15, -0.1) is 0 Å². The largest absolute Gasteiger partial charge is 0.507 e. The zero-order chi connectivity index (χ0) is 18.8. The molecule has 2 N–H and O–H groups in total. The van der Waals surface area contributed by atoms with Crippen molar-refractivity contribution >= 4 is 19.2 Å². The Morgan fingerprint density at radius 2 is 1.88 bits per heavy atom. The fraction of sp³-hybridized carbons (Fsp3) is 0.500. The summed E-state index contributed by atoms with van der Waals surface area (Å²) in [4.78, 5) is 11.6. The maximum absolute atomic E-state index is 11.6. The number of likely N-dealkylation sites (N-methyl/N-ethyl adjacent to an activating group) is 1. The van der Waals surface area contributed by atoms with Crippen LogP contribution in [0.2, 0.25) is 0 Å². The molecule has 1 aliphatic rings. The number of nitrogens with one attached hydrogen (secondary N) is 1. The van der Waals surface area contributed by atoms with E-state index >= 15 is 0 Å². The van der Waals surface area contributed by atoms with Crippen molar-refractivity contribution in [3.63, 3.8) is 0 Å². The number of ether oxygens (including phenoxy) is 1. The normalized spacial score (nSPS) is 19.1. The van der Waals surface area contributed by atoms with E-state index in [4.69, 9.17) is 9.31 Å². The Kier molecular flexibility index (Phi) is 5.61. The molecule has 7 heteroatoms. The van der Waals surface area contributed by atoms with E-state index in [1.165, 1.54) is 13.2 Å². The van der Waals surface area contributed by atoms with E-state index in [0.29, 0.717) is 17.7 Å². The van der Waals surface area contributed by atoms with Gasteiger partial charge in [0, 0.05) is 12.1 Å². The molecule has 6 nitrogen and oxygen atoms in total. The standard InChI is InChI=1S/C18H26BNO5/c1-17(2)18(3,4)25-19(24-17)14(11-20-5)9-12-7-8-13(10-15(12)21)16(22)23-6/h7-10,20-21H,11H2,1-6H3. The average molecular weight is 347 g/mol. The quantitative estimate of drug-likeness (QED) is 0.629. The van der Waals surface area contributed by atoms with Crippen molar-refractivity contribution in [2.45, 2.75) is 38.9 Å². The van der Waals surface area contributed by atoms with E-state index in [9.17, 15) is 9.90 Å². The van der Waals surface area contributed by atoms with Crippen LogP contribution < -0.4 is 5.32 Å². The van der Waals surface area contributed by atoms with Crippen molar-refractivity contribution in [2.24, 2.45) is 0 Å². The molecule has 1 aliphatic heterocycles. The molecule has 0 atom stereocenters. The lowest BCUT2D eigenvalue weighted by Gasteiger charge is -2.32. The average Bonchev–Trinajstić information content (AvgIpc) is 2.75. The third-order valence-electron chi connectivity index (χ3n) is 4.73. The van der Waals surface area contributed by atoms with Crippen molar-refractivity contribution in [2.75, 3.05) is 20.7 Å². The van der Waals surface area contributed by atoms with Gasteiger partial charge in [0.2, 0.25) is 0 Å². The Bertz CT molecular complexity index is 668. The third kappa shape index (κ3) is 4.06. The number of esters is 1. The van der Waals surface area contributed by atoms with Gasteiger partial charge in [-0.25, -0.2) is 4.79 Å². The highest BCUT2D eigenvalue weighted by atomic mass is 16.7. The number of phenolic OH excluding ortho intramolecular Hbond substituents is 1. The Hall–Kier alpha value is -1.83. The molecule has 0 spiro atoms. The van der Waals surface area contributed by atoms with Gasteiger partial charge < -0.3 is 24.5 Å². The minimum absolute atomic E-state index is 0.00646. The molecule has 0 aliphatic carbocycles. The van der Waals surface area contributed by atoms with Gasteiger partial charge in [0.05, 0.1) is 23.9 Å². The molecule has 25 heavy (non-hydrogen) atoms. The number of hydrogen-bond acceptors (Lipinski definition) is 6. The van der Waals surface area contributed by atoms with Gasteiger partial charge >= 0.3 is 13.1 Å². The summed E-state index contributed by atoms with van der Waals surface area (Å²) in [6.45, 7) is 8.51. The highest BCUT2D eigenvalue weighted by Crippen LogP contribution is 2.39. The highest BCUT2D eigenvalue weighted by Gasteiger charge is 2.52. The first kappa shape index (κ1) is 19.5. The molecule has 0 amide bonds. The van der Waals surface area contributed by atoms with Crippen LogP contribution in [0.3, 0.4) is 0 Å². The number of benzene rings is 1. The molecule has 1 saturated heterocycles. The predicted octanol–water partition coefficient (Wildman–Crippen LogP) is 2.41. The van der Waals surface area contributed by atoms with Crippen molar-refractivity contribution < 1.29 is 23.9 Å². The van der Waals surface area contributed by atoms with Gasteiger partial charge in [0.25, 0.3) is 0 Å². The zero-order valence-electron chi connectivity index (χ0n) is 15.7. The summed E-state index contributed by atoms with van der Waals surface area (Å²) in [5.74, 6) is -0.500. The number of carbonyl (C=O) groups is 1. The Balaban J connectivity index is 2.33. The monoisotopic (exact) mass is 347 g/mol. The summed E-state index contributed by atoms with van der Waals surface area (Å²) < 4.78 is 16.8. The summed E-state index contributed by atoms with van der Waals surface area (Å²) in [7, 11) is 2.62. The van der Waals surface area contributed by atoms with Crippen molar-refractivity contribution in [3.05, 3.63) is 34.8 Å². The second-order valence-corrected chi connectivity index (χ2v) is 7.10. The van der Waals surface area contributed by atoms with E-state index in [1.807, 2.05) is 40.8 Å². The zero-order valence-corrected chi connectivity index (χ0v) is 15.7. The second-order valence-electron chi connectivity index (χ2n) is 7.10. The predicted molar refractivity (Wildman–Crippen MR) is 97.4 cm³/mol. The maximum Gasteiger partial charge on any atom is 0.491 e. The second kappa shape index (κ2) is 7.19. The van der Waals surface area contributed by atoms with E-state index in [1.54, 1.807) is 12.1 Å². The van der Waals surface area contributed by atoms with Gasteiger partial charge in [0.1, 0.15) is 5.75 Å². The molecular weight excluding hydrogens is 321 g/mol. The van der Waals surface area contributed by atoms with Crippen molar-refractivity contribution in [1.82, 2.24) is 5.32 Å². The van der Waals surface area contributed by atoms with Crippen molar-refractivity contribution in [3.8, 4) is 5.75 Å². The molecular formula is C18H26BNO5. The topological polar surface area (TPSA) is 77.0 Å². The number of rotatable bonds is 5. The SMILES string of the molecule is CNCC(=Cc1ccc(C(=O)OC)cc1O)B1OC(C)(C)C(C)(C)O1. The van der Waals surface area contributed by atoms with Crippen LogP contribution in [0.15, 0.2) is 23.7 Å². The maximum atomic E-state index is 11.6. The number of phenols is 1. The first-order chi connectivity index (χ1) is 11.6. The van der Waals surface area contributed by atoms with Gasteiger partial charge in [-0.05, 0) is 52.3 Å². The number of aromatic hydroxyl groups is 1. The Morgan fingerprint density at radius 1 is 1.28 bits per heavy atom. The van der Waals surface area contributed by atoms with E-state index < -0.39 is 24.3 Å². The fourth-order valence-electron chi connectivity index (χ4n) is 2.51. The van der Waals surface area contributed by atoms with Gasteiger partial charge in [0.15, 0.2) is 0 Å². The molecule has 2 rings (SSSR count). The summed E-state index contributed by atoms with van der Waals surface area (Å²) in [6, 6.07) is 4.67. The molecule has 0 unspecified atom stereocenters. The van der Waals surface area contributed by atoms with E-state index in [0.717, 1.165) is 5.47 Å². The molecule has 0 bridgehead atoms. The fourth-order valence-corrected chi connectivity index (χ4v) is 2.51. The number of carbonyl (C=O) groups excluding carboxylic acids is 1. The number of hydrogen-bond donors (Lipinski definition) is 2. The molecule has 0 aromatic heterocycles. The lowest BCUT2D eigenvalue weighted by molar-refractivity contribution is 0.00578. The molecule has 1 heterocycles. The summed E-state index contributed by atoms with van der Waals surface area (Å²) >= 11 is 0. The lowest BCUT2D eigenvalue weighted by atomic mass is 9.77. The first-order valence-corrected chi connectivity index (χ1v) is 8.23. The van der Waals surface area contributed by atoms with E-state index in [-0.39, 0.29) is 5.75 Å². The Morgan fingerprint density at radius 3 is 2.36 bits per heavy atom. The van der Waals surface area contributed by atoms with Crippen LogP contribution in [0.1, 0.15) is 43.6 Å². The van der Waals surface area contributed by atoms with Crippen LogP contribution in [0.5, 0.6) is 5.75 Å². The van der Waals surface area contributed by atoms with Crippen LogP contribution in [0, 0.1) is 0 Å². The summed E-state index contributed by atoms with van der Waals surface area (Å²) in [6.07, 6.45) is 1.81. The minimum atomic E-state index is -0.517. The summed E-state index contributed by atoms with van der Waals surface area (Å²) in [5, 5.41) is 13.3. The van der Waals surface area contributed by atoms with Gasteiger partial charge in [-0.2, -0.15) is 0 Å². The molecule has 1 aromatic carbocycles. The molecule has 0 saturated carbocycles.